The normalized spacial score (nSPS) is 13.5. The van der Waals surface area contributed by atoms with E-state index in [9.17, 15) is 8.42 Å². The lowest BCUT2D eigenvalue weighted by atomic mass is 10.1. The van der Waals surface area contributed by atoms with Gasteiger partial charge < -0.3 is 4.74 Å². The molecule has 1 aromatic rings. The molecule has 5 nitrogen and oxygen atoms in total. The van der Waals surface area contributed by atoms with Crippen LogP contribution in [0.1, 0.15) is 18.6 Å². The molecule has 0 heterocycles. The van der Waals surface area contributed by atoms with Crippen LogP contribution < -0.4 is 4.74 Å². The maximum absolute atomic E-state index is 10.5. The first-order valence-corrected chi connectivity index (χ1v) is 5.58. The summed E-state index contributed by atoms with van der Waals surface area (Å²) in [7, 11) is -2.92. The zero-order valence-corrected chi connectivity index (χ0v) is 9.19. The second-order valence-corrected chi connectivity index (χ2v) is 3.99. The lowest BCUT2D eigenvalue weighted by molar-refractivity contribution is 0.200. The van der Waals surface area contributed by atoms with Crippen molar-refractivity contribution in [2.45, 2.75) is 13.0 Å². The second kappa shape index (κ2) is 4.61. The molecule has 0 aromatic heterocycles. The fourth-order valence-corrected chi connectivity index (χ4v) is 1.61. The molecule has 0 aliphatic heterocycles. The van der Waals surface area contributed by atoms with Gasteiger partial charge in [0, 0.05) is 0 Å². The van der Waals surface area contributed by atoms with Crippen LogP contribution in [0, 0.1) is 0 Å². The summed E-state index contributed by atoms with van der Waals surface area (Å²) in [6, 6.07) is 6.75. The number of hydrogen-bond acceptors (Lipinski definition) is 4. The van der Waals surface area contributed by atoms with Gasteiger partial charge in [-0.1, -0.05) is 12.1 Å². The molecule has 84 valence electrons. The van der Waals surface area contributed by atoms with Gasteiger partial charge in [0.05, 0.1) is 7.11 Å². The van der Waals surface area contributed by atoms with Gasteiger partial charge in [0.2, 0.25) is 0 Å². The van der Waals surface area contributed by atoms with E-state index >= 15 is 0 Å². The van der Waals surface area contributed by atoms with Gasteiger partial charge in [0.1, 0.15) is 11.9 Å². The topological polar surface area (TPSA) is 72.8 Å². The molecule has 1 rings (SSSR count). The molecule has 1 N–H and O–H groups in total. The molecular weight excluding hydrogens is 220 g/mol. The molecule has 0 bridgehead atoms. The fourth-order valence-electron chi connectivity index (χ4n) is 1.13. The Bertz CT molecular complexity index is 426. The van der Waals surface area contributed by atoms with Gasteiger partial charge >= 0.3 is 10.4 Å². The molecule has 0 saturated heterocycles. The molecule has 1 atom stereocenters. The molecule has 0 aliphatic carbocycles. The van der Waals surface area contributed by atoms with Crippen molar-refractivity contribution in [3.8, 4) is 5.75 Å². The van der Waals surface area contributed by atoms with Crippen LogP contribution in [0.3, 0.4) is 0 Å². The molecule has 0 spiro atoms. The number of ether oxygens (including phenoxy) is 1. The first-order valence-electron chi connectivity index (χ1n) is 4.22. The summed E-state index contributed by atoms with van der Waals surface area (Å²) >= 11 is 0. The molecule has 0 unspecified atom stereocenters. The van der Waals surface area contributed by atoms with Crippen LogP contribution in [-0.2, 0) is 14.6 Å². The number of hydrogen-bond donors (Lipinski definition) is 1. The molecule has 15 heavy (non-hydrogen) atoms. The zero-order chi connectivity index (χ0) is 11.5. The Balaban J connectivity index is 2.86. The summed E-state index contributed by atoms with van der Waals surface area (Å²) in [5.74, 6) is 0.596. The van der Waals surface area contributed by atoms with E-state index in [4.69, 9.17) is 9.29 Å². The van der Waals surface area contributed by atoms with Gasteiger partial charge in [-0.25, -0.2) is 4.18 Å². The third kappa shape index (κ3) is 3.86. The van der Waals surface area contributed by atoms with E-state index in [1.54, 1.807) is 24.3 Å². The Morgan fingerprint density at radius 1 is 1.40 bits per heavy atom. The third-order valence-electron chi connectivity index (χ3n) is 1.83. The lowest BCUT2D eigenvalue weighted by Crippen LogP contribution is -2.08. The summed E-state index contributed by atoms with van der Waals surface area (Å²) < 4.78 is 38.8. The minimum atomic E-state index is -4.43. The first kappa shape index (κ1) is 12.0. The van der Waals surface area contributed by atoms with E-state index in [0.717, 1.165) is 0 Å². The second-order valence-electron chi connectivity index (χ2n) is 2.94. The van der Waals surface area contributed by atoms with Gasteiger partial charge in [-0.3, -0.25) is 4.55 Å². The SMILES string of the molecule is COc1cccc([C@@H](C)OS(=O)(=O)O)c1. The van der Waals surface area contributed by atoms with Crippen molar-refractivity contribution in [1.29, 1.82) is 0 Å². The van der Waals surface area contributed by atoms with Crippen molar-refractivity contribution in [2.24, 2.45) is 0 Å². The minimum Gasteiger partial charge on any atom is -0.497 e. The molecular formula is C9H12O5S. The Hall–Kier alpha value is -1.11. The van der Waals surface area contributed by atoms with E-state index in [1.807, 2.05) is 0 Å². The summed E-state index contributed by atoms with van der Waals surface area (Å²) in [6.07, 6.45) is -0.755. The van der Waals surface area contributed by atoms with Gasteiger partial charge in [0.15, 0.2) is 0 Å². The number of benzene rings is 1. The minimum absolute atomic E-state index is 0.596. The highest BCUT2D eigenvalue weighted by atomic mass is 32.3. The number of methoxy groups -OCH3 is 1. The predicted molar refractivity (Wildman–Crippen MR) is 54.0 cm³/mol. The van der Waals surface area contributed by atoms with E-state index < -0.39 is 16.5 Å². The third-order valence-corrected chi connectivity index (χ3v) is 2.36. The van der Waals surface area contributed by atoms with Gasteiger partial charge in [0.25, 0.3) is 0 Å². The van der Waals surface area contributed by atoms with Gasteiger partial charge in [-0.2, -0.15) is 8.42 Å². The molecule has 0 aliphatic rings. The molecule has 6 heteroatoms. The largest absolute Gasteiger partial charge is 0.497 e. The lowest BCUT2D eigenvalue weighted by Gasteiger charge is -2.11. The maximum atomic E-state index is 10.5. The highest BCUT2D eigenvalue weighted by molar-refractivity contribution is 7.80. The molecule has 0 fully saturated rings. The zero-order valence-electron chi connectivity index (χ0n) is 8.38. The van der Waals surface area contributed by atoms with Crippen molar-refractivity contribution in [3.63, 3.8) is 0 Å². The van der Waals surface area contributed by atoms with E-state index in [0.29, 0.717) is 11.3 Å². The van der Waals surface area contributed by atoms with Crippen LogP contribution in [0.5, 0.6) is 5.75 Å². The molecule has 0 radical (unpaired) electrons. The quantitative estimate of drug-likeness (QED) is 0.798. The fraction of sp³-hybridized carbons (Fsp3) is 0.333. The van der Waals surface area contributed by atoms with Gasteiger partial charge in [-0.15, -0.1) is 0 Å². The first-order chi connectivity index (χ1) is 6.92. The summed E-state index contributed by atoms with van der Waals surface area (Å²) in [5, 5.41) is 0. The predicted octanol–water partition coefficient (Wildman–Crippen LogP) is 1.58. The summed E-state index contributed by atoms with van der Waals surface area (Å²) in [4.78, 5) is 0. The van der Waals surface area contributed by atoms with Crippen molar-refractivity contribution in [2.75, 3.05) is 7.11 Å². The molecule has 0 saturated carbocycles. The summed E-state index contributed by atoms with van der Waals surface area (Å²) in [6.45, 7) is 1.52. The Kier molecular flexibility index (Phi) is 3.67. The Morgan fingerprint density at radius 3 is 2.60 bits per heavy atom. The Morgan fingerprint density at radius 2 is 2.07 bits per heavy atom. The van der Waals surface area contributed by atoms with Crippen molar-refractivity contribution in [1.82, 2.24) is 0 Å². The maximum Gasteiger partial charge on any atom is 0.397 e. The summed E-state index contributed by atoms with van der Waals surface area (Å²) in [5.41, 5.74) is 0.604. The van der Waals surface area contributed by atoms with Crippen molar-refractivity contribution < 1.29 is 21.9 Å². The average Bonchev–Trinajstić information content (AvgIpc) is 2.15. The average molecular weight is 232 g/mol. The standard InChI is InChI=1S/C9H12O5S/c1-7(14-15(10,11)12)8-4-3-5-9(6-8)13-2/h3-7H,1-2H3,(H,10,11,12)/t7-/m1/s1. The number of rotatable bonds is 4. The van der Waals surface area contributed by atoms with Crippen LogP contribution in [0.25, 0.3) is 0 Å². The van der Waals surface area contributed by atoms with Crippen LogP contribution in [0.15, 0.2) is 24.3 Å². The van der Waals surface area contributed by atoms with E-state index in [2.05, 4.69) is 4.18 Å². The Labute approximate surface area is 88.6 Å². The molecule has 0 amide bonds. The smallest absolute Gasteiger partial charge is 0.397 e. The molecule has 1 aromatic carbocycles. The van der Waals surface area contributed by atoms with Crippen LogP contribution in [-0.4, -0.2) is 20.1 Å². The highest BCUT2D eigenvalue weighted by Gasteiger charge is 2.14. The van der Waals surface area contributed by atoms with Crippen molar-refractivity contribution >= 4 is 10.4 Å². The van der Waals surface area contributed by atoms with E-state index in [-0.39, 0.29) is 0 Å². The van der Waals surface area contributed by atoms with E-state index in [1.165, 1.54) is 14.0 Å². The van der Waals surface area contributed by atoms with Crippen LogP contribution in [0.4, 0.5) is 0 Å². The van der Waals surface area contributed by atoms with Crippen LogP contribution >= 0.6 is 0 Å². The monoisotopic (exact) mass is 232 g/mol. The van der Waals surface area contributed by atoms with Crippen LogP contribution in [0.2, 0.25) is 0 Å². The highest BCUT2D eigenvalue weighted by Crippen LogP contribution is 2.22. The van der Waals surface area contributed by atoms with Crippen molar-refractivity contribution in [3.05, 3.63) is 29.8 Å². The van der Waals surface area contributed by atoms with Gasteiger partial charge in [-0.05, 0) is 24.6 Å².